The average Bonchev–Trinajstić information content (AvgIpc) is 2.68. The Hall–Kier alpha value is -3.08. The lowest BCUT2D eigenvalue weighted by Gasteiger charge is -2.37. The normalized spacial score (nSPS) is 14.6. The predicted molar refractivity (Wildman–Crippen MR) is 102 cm³/mol. The Balaban J connectivity index is 2.01. The minimum absolute atomic E-state index is 0.0425. The Kier molecular flexibility index (Phi) is 6.97. The smallest absolute Gasteiger partial charge is 0.243 e. The van der Waals surface area contributed by atoms with Crippen molar-refractivity contribution < 1.29 is 4.79 Å². The van der Waals surface area contributed by atoms with Crippen LogP contribution in [-0.2, 0) is 4.79 Å². The van der Waals surface area contributed by atoms with E-state index in [1.54, 1.807) is 26.2 Å². The fourth-order valence-corrected chi connectivity index (χ4v) is 2.52. The highest BCUT2D eigenvalue weighted by atomic mass is 16.2. The summed E-state index contributed by atoms with van der Waals surface area (Å²) in [4.78, 5) is 26.4. The zero-order valence-electron chi connectivity index (χ0n) is 15.4. The summed E-state index contributed by atoms with van der Waals surface area (Å²) in [7, 11) is 3.44. The van der Waals surface area contributed by atoms with E-state index in [1.807, 2.05) is 12.1 Å². The maximum Gasteiger partial charge on any atom is 0.243 e. The summed E-state index contributed by atoms with van der Waals surface area (Å²) in [5.74, 6) is 1.47. The molecular weight excluding hydrogens is 330 g/mol. The number of aromatic nitrogens is 1. The molecule has 0 radical (unpaired) electrons. The molecule has 0 bridgehead atoms. The monoisotopic (exact) mass is 355 g/mol. The van der Waals surface area contributed by atoms with Crippen molar-refractivity contribution in [1.82, 2.24) is 20.1 Å². The number of nitriles is 1. The minimum atomic E-state index is -0.0425. The number of pyridine rings is 1. The van der Waals surface area contributed by atoms with E-state index in [0.717, 1.165) is 32.0 Å². The summed E-state index contributed by atoms with van der Waals surface area (Å²) in [6.45, 7) is 7.43. The number of guanidine groups is 1. The van der Waals surface area contributed by atoms with Crippen molar-refractivity contribution in [1.29, 1.82) is 5.26 Å². The summed E-state index contributed by atoms with van der Waals surface area (Å²) in [6.07, 6.45) is 1.76. The first-order chi connectivity index (χ1) is 12.5. The van der Waals surface area contributed by atoms with Gasteiger partial charge in [0.05, 0.1) is 0 Å². The van der Waals surface area contributed by atoms with Crippen LogP contribution in [0.25, 0.3) is 0 Å². The number of likely N-dealkylation sites (N-methyl/N-ethyl adjacent to an activating group) is 1. The van der Waals surface area contributed by atoms with Gasteiger partial charge in [0.15, 0.2) is 5.96 Å². The molecule has 0 spiro atoms. The number of nitrogens with one attached hydrogen (secondary N) is 1. The van der Waals surface area contributed by atoms with Gasteiger partial charge in [-0.3, -0.25) is 4.79 Å². The largest absolute Gasteiger partial charge is 0.353 e. The molecule has 0 aromatic carbocycles. The summed E-state index contributed by atoms with van der Waals surface area (Å²) in [5.41, 5.74) is 0.419. The zero-order chi connectivity index (χ0) is 18.9. The number of aliphatic imine (C=N–C) groups is 1. The Morgan fingerprint density at radius 3 is 2.77 bits per heavy atom. The van der Waals surface area contributed by atoms with Crippen LogP contribution in [-0.4, -0.2) is 80.0 Å². The van der Waals surface area contributed by atoms with E-state index in [4.69, 9.17) is 5.26 Å². The molecule has 0 atom stereocenters. The van der Waals surface area contributed by atoms with E-state index in [-0.39, 0.29) is 12.5 Å². The lowest BCUT2D eigenvalue weighted by Crippen LogP contribution is -2.53. The molecular formula is C18H25N7O. The fourth-order valence-electron chi connectivity index (χ4n) is 2.52. The van der Waals surface area contributed by atoms with Crippen molar-refractivity contribution in [2.75, 3.05) is 58.3 Å². The Morgan fingerprint density at radius 1 is 1.42 bits per heavy atom. The summed E-state index contributed by atoms with van der Waals surface area (Å²) in [5, 5.41) is 12.2. The number of hydrogen-bond donors (Lipinski definition) is 1. The third kappa shape index (κ3) is 5.21. The molecule has 1 aromatic heterocycles. The number of anilines is 1. The van der Waals surface area contributed by atoms with Gasteiger partial charge in [0.25, 0.3) is 0 Å². The maximum absolute atomic E-state index is 11.8. The second kappa shape index (κ2) is 9.42. The molecule has 1 fully saturated rings. The number of rotatable bonds is 5. The lowest BCUT2D eigenvalue weighted by atomic mass is 10.3. The van der Waals surface area contributed by atoms with Crippen molar-refractivity contribution in [2.24, 2.45) is 4.99 Å². The van der Waals surface area contributed by atoms with Gasteiger partial charge in [-0.25, -0.2) is 9.98 Å². The Bertz CT molecular complexity index is 700. The van der Waals surface area contributed by atoms with Crippen molar-refractivity contribution in [2.45, 2.75) is 0 Å². The van der Waals surface area contributed by atoms with Gasteiger partial charge in [-0.1, -0.05) is 12.1 Å². The highest BCUT2D eigenvalue weighted by Crippen LogP contribution is 2.14. The van der Waals surface area contributed by atoms with Gasteiger partial charge < -0.3 is 20.0 Å². The predicted octanol–water partition coefficient (Wildman–Crippen LogP) is 0.295. The van der Waals surface area contributed by atoms with Gasteiger partial charge in [0, 0.05) is 46.8 Å². The molecule has 0 saturated carbocycles. The van der Waals surface area contributed by atoms with E-state index < -0.39 is 0 Å². The van der Waals surface area contributed by atoms with Crippen LogP contribution in [0.5, 0.6) is 0 Å². The molecule has 26 heavy (non-hydrogen) atoms. The molecule has 1 amide bonds. The van der Waals surface area contributed by atoms with Crippen molar-refractivity contribution in [3.8, 4) is 6.07 Å². The molecule has 2 rings (SSSR count). The van der Waals surface area contributed by atoms with Gasteiger partial charge in [0.1, 0.15) is 24.1 Å². The molecule has 1 N–H and O–H groups in total. The topological polar surface area (TPSA) is 87.9 Å². The molecule has 0 aliphatic carbocycles. The molecule has 0 unspecified atom stereocenters. The highest BCUT2D eigenvalue weighted by Gasteiger charge is 2.21. The molecule has 1 aliphatic heterocycles. The molecule has 1 aromatic rings. The van der Waals surface area contributed by atoms with E-state index in [2.05, 4.69) is 37.7 Å². The number of hydrogen-bond acceptors (Lipinski definition) is 5. The first kappa shape index (κ1) is 19.2. The van der Waals surface area contributed by atoms with E-state index in [9.17, 15) is 4.79 Å². The Morgan fingerprint density at radius 2 is 2.15 bits per heavy atom. The second-order valence-corrected chi connectivity index (χ2v) is 6.06. The zero-order valence-corrected chi connectivity index (χ0v) is 15.4. The van der Waals surface area contributed by atoms with Crippen molar-refractivity contribution in [3.05, 3.63) is 36.5 Å². The minimum Gasteiger partial charge on any atom is -0.353 e. The third-order valence-corrected chi connectivity index (χ3v) is 4.02. The summed E-state index contributed by atoms with van der Waals surface area (Å²) < 4.78 is 0. The first-order valence-corrected chi connectivity index (χ1v) is 8.51. The summed E-state index contributed by atoms with van der Waals surface area (Å²) in [6, 6.07) is 7.53. The third-order valence-electron chi connectivity index (χ3n) is 4.02. The number of carbonyl (C=O) groups is 1. The quantitative estimate of drug-likeness (QED) is 0.464. The first-order valence-electron chi connectivity index (χ1n) is 8.51. The van der Waals surface area contributed by atoms with Gasteiger partial charge in [-0.2, -0.15) is 5.26 Å². The van der Waals surface area contributed by atoms with Crippen LogP contribution in [0.1, 0.15) is 5.69 Å². The molecule has 1 saturated heterocycles. The molecule has 1 aliphatic rings. The standard InChI is InChI=1S/C18H25N7O/c1-4-8-20-18(21-14-17(26)23(2)3)25-11-9-24(10-12-25)16-7-5-6-15(13-19)22-16/h4-7H,1,8-12,14H2,2-3H3,(H,20,21). The van der Waals surface area contributed by atoms with Crippen molar-refractivity contribution >= 4 is 17.7 Å². The van der Waals surface area contributed by atoms with Crippen LogP contribution >= 0.6 is 0 Å². The average molecular weight is 355 g/mol. The van der Waals surface area contributed by atoms with Gasteiger partial charge in [-0.15, -0.1) is 6.58 Å². The summed E-state index contributed by atoms with van der Waals surface area (Å²) >= 11 is 0. The van der Waals surface area contributed by atoms with E-state index >= 15 is 0 Å². The number of amides is 1. The van der Waals surface area contributed by atoms with Gasteiger partial charge in [0.2, 0.25) is 5.91 Å². The molecule has 8 heteroatoms. The van der Waals surface area contributed by atoms with Crippen LogP contribution in [0.4, 0.5) is 5.82 Å². The fraction of sp³-hybridized carbons (Fsp3) is 0.444. The van der Waals surface area contributed by atoms with Crippen LogP contribution in [0.3, 0.4) is 0 Å². The van der Waals surface area contributed by atoms with E-state index in [1.165, 1.54) is 4.90 Å². The second-order valence-electron chi connectivity index (χ2n) is 6.06. The maximum atomic E-state index is 11.8. The molecule has 138 valence electrons. The molecule has 8 nitrogen and oxygen atoms in total. The number of nitrogens with zero attached hydrogens (tertiary/aromatic N) is 6. The number of piperazine rings is 1. The molecule has 2 heterocycles. The van der Waals surface area contributed by atoms with Crippen LogP contribution in [0.2, 0.25) is 0 Å². The lowest BCUT2D eigenvalue weighted by molar-refractivity contribution is -0.127. The van der Waals surface area contributed by atoms with Crippen LogP contribution < -0.4 is 10.2 Å². The number of carbonyl (C=O) groups excluding carboxylic acids is 1. The highest BCUT2D eigenvalue weighted by molar-refractivity contribution is 5.85. The van der Waals surface area contributed by atoms with Crippen LogP contribution in [0.15, 0.2) is 35.8 Å². The van der Waals surface area contributed by atoms with Gasteiger partial charge >= 0.3 is 0 Å². The van der Waals surface area contributed by atoms with Gasteiger partial charge in [-0.05, 0) is 12.1 Å². The van der Waals surface area contributed by atoms with E-state index in [0.29, 0.717) is 18.2 Å². The SMILES string of the molecule is C=CCNC(=NCC(=O)N(C)C)N1CCN(c2cccc(C#N)n2)CC1. The van der Waals surface area contributed by atoms with Crippen LogP contribution in [0, 0.1) is 11.3 Å². The van der Waals surface area contributed by atoms with Crippen molar-refractivity contribution in [3.63, 3.8) is 0 Å². The Labute approximate surface area is 154 Å².